The fourth-order valence-corrected chi connectivity index (χ4v) is 7.51. The Bertz CT molecular complexity index is 2400. The largest absolute Gasteiger partial charge is 0.507 e. The molecule has 8 nitrogen and oxygen atoms in total. The maximum absolute atomic E-state index is 12.4. The van der Waals surface area contributed by atoms with E-state index in [4.69, 9.17) is 0 Å². The molecule has 0 radical (unpaired) electrons. The van der Waals surface area contributed by atoms with Gasteiger partial charge in [0.05, 0.1) is 22.5 Å². The lowest BCUT2D eigenvalue weighted by Crippen LogP contribution is -2.01. The molecule has 0 bridgehead atoms. The fourth-order valence-electron chi connectivity index (χ4n) is 7.51. The zero-order chi connectivity index (χ0) is 39.5. The van der Waals surface area contributed by atoms with Gasteiger partial charge in [0.25, 0.3) is 0 Å². The minimum absolute atomic E-state index is 0.118. The van der Waals surface area contributed by atoms with Crippen LogP contribution in [-0.2, 0) is 0 Å². The maximum Gasteiger partial charge on any atom is 0.167 e. The fraction of sp³-hybridized carbons (Fsp3) is 0.261. The summed E-state index contributed by atoms with van der Waals surface area (Å²) in [4.78, 5) is 9.27. The van der Waals surface area contributed by atoms with Gasteiger partial charge in [0.1, 0.15) is 11.5 Å². The smallest absolute Gasteiger partial charge is 0.167 e. The second kappa shape index (κ2) is 14.1. The van der Waals surface area contributed by atoms with Gasteiger partial charge in [-0.3, -0.25) is 9.98 Å². The van der Waals surface area contributed by atoms with E-state index in [0.717, 1.165) is 22.3 Å². The Morgan fingerprint density at radius 2 is 0.778 bits per heavy atom. The first-order valence-electron chi connectivity index (χ1n) is 18.2. The zero-order valence-electron chi connectivity index (χ0n) is 32.5. The average molecular weight is 725 g/mol. The predicted molar refractivity (Wildman–Crippen MR) is 221 cm³/mol. The van der Waals surface area contributed by atoms with Gasteiger partial charge in [-0.2, -0.15) is 0 Å². The Balaban J connectivity index is 1.71. The summed E-state index contributed by atoms with van der Waals surface area (Å²) in [6.45, 7) is 19.2. The second-order valence-electron chi connectivity index (χ2n) is 15.1. The Morgan fingerprint density at radius 3 is 1.09 bits per heavy atom. The molecule has 0 amide bonds. The quantitative estimate of drug-likeness (QED) is 0.0713. The molecule has 0 spiro atoms. The number of aryl methyl sites for hydroxylation is 6. The molecule has 0 saturated heterocycles. The van der Waals surface area contributed by atoms with Crippen LogP contribution in [0.2, 0.25) is 0 Å². The number of benzene rings is 6. The van der Waals surface area contributed by atoms with Crippen LogP contribution < -0.4 is 0 Å². The number of nitrogens with zero attached hydrogens (tertiary/aromatic N) is 2. The van der Waals surface area contributed by atoms with Crippen molar-refractivity contribution >= 4 is 45.3 Å². The van der Waals surface area contributed by atoms with E-state index in [2.05, 4.69) is 9.98 Å². The molecule has 8 heteroatoms. The molecule has 0 atom stereocenters. The van der Waals surface area contributed by atoms with Gasteiger partial charge >= 0.3 is 0 Å². The molecule has 6 N–H and O–H groups in total. The summed E-state index contributed by atoms with van der Waals surface area (Å²) in [5, 5.41) is 72.1. The molecule has 6 aromatic rings. The van der Waals surface area contributed by atoms with Gasteiger partial charge in [0.15, 0.2) is 23.0 Å². The summed E-state index contributed by atoms with van der Waals surface area (Å²) >= 11 is 0. The van der Waals surface area contributed by atoms with Crippen molar-refractivity contribution in [2.75, 3.05) is 0 Å². The molecule has 0 fully saturated rings. The van der Waals surface area contributed by atoms with E-state index in [1.54, 1.807) is 0 Å². The van der Waals surface area contributed by atoms with Crippen LogP contribution in [0.25, 0.3) is 32.7 Å². The van der Waals surface area contributed by atoms with Gasteiger partial charge in [0.2, 0.25) is 0 Å². The standard InChI is InChI=1S/C46H48N2O6/c1-21(2)35-31-17-27(9)37(43(51)39(31)33(41(49)45(35)53)19-47-29-13-11-23(5)25(7)15-29)38-28(10)18-32-36(22(3)4)46(54)42(50)34(40(32)44(38)52)20-48-30-14-12-24(6)26(8)16-30/h11-22,49-54H,1-10H3. The molecule has 0 aromatic heterocycles. The summed E-state index contributed by atoms with van der Waals surface area (Å²) in [6.07, 6.45) is 2.88. The number of hydrogen-bond donors (Lipinski definition) is 6. The van der Waals surface area contributed by atoms with Gasteiger partial charge < -0.3 is 30.6 Å². The summed E-state index contributed by atoms with van der Waals surface area (Å²) in [6, 6.07) is 15.1. The van der Waals surface area contributed by atoms with Crippen LogP contribution in [0.1, 0.15) is 95.2 Å². The van der Waals surface area contributed by atoms with Crippen LogP contribution in [0, 0.1) is 41.5 Å². The number of aliphatic imine (C=N–C) groups is 2. The van der Waals surface area contributed by atoms with Crippen molar-refractivity contribution in [1.82, 2.24) is 0 Å². The second-order valence-corrected chi connectivity index (χ2v) is 15.1. The number of fused-ring (bicyclic) bond motifs is 2. The molecule has 0 aliphatic rings. The number of phenols is 6. The summed E-state index contributed by atoms with van der Waals surface area (Å²) < 4.78 is 0. The monoisotopic (exact) mass is 724 g/mol. The number of rotatable bonds is 7. The highest BCUT2D eigenvalue weighted by Gasteiger charge is 2.29. The first-order valence-corrected chi connectivity index (χ1v) is 18.2. The van der Waals surface area contributed by atoms with Crippen molar-refractivity contribution in [3.05, 3.63) is 104 Å². The third-order valence-electron chi connectivity index (χ3n) is 10.7. The molecule has 0 unspecified atom stereocenters. The van der Waals surface area contributed by atoms with E-state index in [1.807, 2.05) is 118 Å². The van der Waals surface area contributed by atoms with E-state index in [-0.39, 0.29) is 56.7 Å². The molecule has 54 heavy (non-hydrogen) atoms. The minimum Gasteiger partial charge on any atom is -0.507 e. The summed E-state index contributed by atoms with van der Waals surface area (Å²) in [5.41, 5.74) is 8.51. The van der Waals surface area contributed by atoms with E-state index in [0.29, 0.717) is 55.5 Å². The number of hydrogen-bond acceptors (Lipinski definition) is 8. The van der Waals surface area contributed by atoms with Gasteiger partial charge in [-0.25, -0.2) is 0 Å². The van der Waals surface area contributed by atoms with Crippen molar-refractivity contribution in [1.29, 1.82) is 0 Å². The lowest BCUT2D eigenvalue weighted by Gasteiger charge is -2.23. The average Bonchev–Trinajstić information content (AvgIpc) is 3.09. The van der Waals surface area contributed by atoms with E-state index < -0.39 is 11.5 Å². The lowest BCUT2D eigenvalue weighted by molar-refractivity contribution is 0.398. The van der Waals surface area contributed by atoms with Crippen molar-refractivity contribution in [2.24, 2.45) is 9.98 Å². The van der Waals surface area contributed by atoms with Gasteiger partial charge in [0, 0.05) is 45.5 Å². The highest BCUT2D eigenvalue weighted by molar-refractivity contribution is 6.15. The first-order chi connectivity index (χ1) is 25.4. The van der Waals surface area contributed by atoms with Crippen LogP contribution in [0.3, 0.4) is 0 Å². The first kappa shape index (κ1) is 37.7. The Labute approximate surface area is 316 Å². The van der Waals surface area contributed by atoms with Crippen LogP contribution in [0.15, 0.2) is 58.5 Å². The lowest BCUT2D eigenvalue weighted by atomic mass is 9.83. The maximum atomic E-state index is 12.4. The predicted octanol–water partition coefficient (Wildman–Crippen LogP) is 11.5. The zero-order valence-corrected chi connectivity index (χ0v) is 32.5. The van der Waals surface area contributed by atoms with Crippen molar-refractivity contribution in [3.63, 3.8) is 0 Å². The third kappa shape index (κ3) is 6.25. The molecule has 6 aromatic carbocycles. The van der Waals surface area contributed by atoms with E-state index in [9.17, 15) is 30.6 Å². The summed E-state index contributed by atoms with van der Waals surface area (Å²) in [5.74, 6) is -2.33. The SMILES string of the molecule is Cc1ccc(N=Cc2c(O)c(O)c(C(C)C)c3cc(C)c(-c4c(C)cc5c(C(C)C)c(O)c(O)c(C=Nc6ccc(C)c(C)c6)c5c4O)c(O)c23)cc1C. The van der Waals surface area contributed by atoms with E-state index >= 15 is 0 Å². The molecule has 0 heterocycles. The van der Waals surface area contributed by atoms with Crippen LogP contribution in [0.4, 0.5) is 11.4 Å². The van der Waals surface area contributed by atoms with Crippen molar-refractivity contribution in [3.8, 4) is 45.6 Å². The number of phenolic OH excluding ortho intramolecular Hbond substituents is 6. The topological polar surface area (TPSA) is 146 Å². The highest BCUT2D eigenvalue weighted by Crippen LogP contribution is 2.54. The van der Waals surface area contributed by atoms with Gasteiger partial charge in [-0.05, 0) is 122 Å². The van der Waals surface area contributed by atoms with Crippen molar-refractivity contribution < 1.29 is 30.6 Å². The molecular weight excluding hydrogens is 677 g/mol. The van der Waals surface area contributed by atoms with Gasteiger partial charge in [-0.1, -0.05) is 52.0 Å². The minimum atomic E-state index is -0.421. The Kier molecular flexibility index (Phi) is 9.84. The van der Waals surface area contributed by atoms with Crippen LogP contribution >= 0.6 is 0 Å². The van der Waals surface area contributed by atoms with Crippen LogP contribution in [-0.4, -0.2) is 43.1 Å². The summed E-state index contributed by atoms with van der Waals surface area (Å²) in [7, 11) is 0. The molecule has 0 aliphatic heterocycles. The third-order valence-corrected chi connectivity index (χ3v) is 10.7. The highest BCUT2D eigenvalue weighted by atomic mass is 16.3. The van der Waals surface area contributed by atoms with Gasteiger partial charge in [-0.15, -0.1) is 0 Å². The molecule has 6 rings (SSSR count). The van der Waals surface area contributed by atoms with Crippen LogP contribution in [0.5, 0.6) is 34.5 Å². The molecule has 278 valence electrons. The number of aromatic hydroxyl groups is 6. The van der Waals surface area contributed by atoms with Crippen molar-refractivity contribution in [2.45, 2.75) is 81.1 Å². The molecule has 0 aliphatic carbocycles. The Hall–Kier alpha value is -6.02. The van der Waals surface area contributed by atoms with E-state index in [1.165, 1.54) is 12.4 Å². The molecule has 0 saturated carbocycles. The molecular formula is C46H48N2O6. The Morgan fingerprint density at radius 1 is 0.426 bits per heavy atom. The normalized spacial score (nSPS) is 12.1.